The van der Waals surface area contributed by atoms with Gasteiger partial charge in [0.1, 0.15) is 92.1 Å². The molecular weight excluding hydrogens is 1080 g/mol. The van der Waals surface area contributed by atoms with E-state index in [2.05, 4.69) is 13.8 Å². The summed E-state index contributed by atoms with van der Waals surface area (Å²) in [5.41, 5.74) is 0. The average molecular weight is 1190 g/mol. The normalized spacial score (nSPS) is 30.9. The first-order valence-electron chi connectivity index (χ1n) is 30.9. The highest BCUT2D eigenvalue weighted by Gasteiger charge is 2.58. The molecule has 0 aromatic carbocycles. The van der Waals surface area contributed by atoms with Crippen LogP contribution in [-0.2, 0) is 51.6 Å². The van der Waals surface area contributed by atoms with E-state index in [1.165, 1.54) is 122 Å². The fourth-order valence-corrected chi connectivity index (χ4v) is 11.5. The fraction of sp³-hybridized carbons (Fsp3) is 0.965. The Morgan fingerprint density at radius 2 is 0.741 bits per heavy atom. The third-order valence-electron chi connectivity index (χ3n) is 15.7. The van der Waals surface area contributed by atoms with Gasteiger partial charge in [-0.05, 0) is 12.8 Å². The Kier molecular flexibility index (Phi) is 38.5. The van der Waals surface area contributed by atoms with Crippen LogP contribution in [0.3, 0.4) is 0 Å². The summed E-state index contributed by atoms with van der Waals surface area (Å²) in [4.78, 5) is 37.6. The van der Waals surface area contributed by atoms with Crippen LogP contribution in [0.4, 0.5) is 0 Å². The van der Waals surface area contributed by atoms with Crippen molar-refractivity contribution in [1.29, 1.82) is 0 Å². The molecule has 4 unspecified atom stereocenters. The molecule has 3 aliphatic rings. The lowest BCUT2D eigenvalue weighted by Gasteiger charge is -2.49. The van der Waals surface area contributed by atoms with E-state index in [1.807, 2.05) is 0 Å². The van der Waals surface area contributed by atoms with Crippen LogP contribution in [0.25, 0.3) is 0 Å². The Bertz CT molecular complexity index is 1610. The van der Waals surface area contributed by atoms with Crippen molar-refractivity contribution in [2.24, 2.45) is 0 Å². The molecule has 3 rings (SSSR count). The maximum absolute atomic E-state index is 14.0. The molecular formula is C57H107O23P. The second kappa shape index (κ2) is 42.3. The third-order valence-corrected chi connectivity index (χ3v) is 16.7. The highest BCUT2D eigenvalue weighted by molar-refractivity contribution is 7.47. The molecule has 1 saturated carbocycles. The van der Waals surface area contributed by atoms with Crippen LogP contribution in [-0.4, -0.2) is 204 Å². The summed E-state index contributed by atoms with van der Waals surface area (Å²) in [6, 6.07) is 0. The number of esters is 2. The molecule has 3 fully saturated rings. The third kappa shape index (κ3) is 27.8. The van der Waals surface area contributed by atoms with Crippen LogP contribution >= 0.6 is 7.82 Å². The number of ether oxygens (including phenoxy) is 6. The molecule has 81 heavy (non-hydrogen) atoms. The molecule has 0 aromatic rings. The van der Waals surface area contributed by atoms with E-state index in [0.717, 1.165) is 57.8 Å². The van der Waals surface area contributed by atoms with Crippen molar-refractivity contribution in [3.63, 3.8) is 0 Å². The smallest absolute Gasteiger partial charge is 0.462 e. The topological polar surface area (TPSA) is 368 Å². The van der Waals surface area contributed by atoms with Crippen molar-refractivity contribution in [2.75, 3.05) is 26.4 Å². The molecule has 478 valence electrons. The summed E-state index contributed by atoms with van der Waals surface area (Å²) in [6.45, 7) is 1.04. The van der Waals surface area contributed by atoms with Gasteiger partial charge >= 0.3 is 19.8 Å². The van der Waals surface area contributed by atoms with Gasteiger partial charge < -0.3 is 89.5 Å². The Hall–Kier alpha value is -1.55. The van der Waals surface area contributed by atoms with Crippen LogP contribution in [0.5, 0.6) is 0 Å². The Morgan fingerprint density at radius 3 is 1.09 bits per heavy atom. The molecule has 0 aromatic heterocycles. The number of carbonyl (C=O) groups is 2. The zero-order chi connectivity index (χ0) is 59.6. The number of unbranched alkanes of at least 4 members (excludes halogenated alkanes) is 28. The lowest BCUT2D eigenvalue weighted by atomic mass is 9.84. The first kappa shape index (κ1) is 73.7. The molecule has 0 amide bonds. The molecule has 0 bridgehead atoms. The van der Waals surface area contributed by atoms with Gasteiger partial charge in [-0.3, -0.25) is 18.6 Å². The molecule has 24 heteroatoms. The first-order chi connectivity index (χ1) is 38.9. The van der Waals surface area contributed by atoms with Crippen molar-refractivity contribution in [3.05, 3.63) is 0 Å². The number of phosphoric acid groups is 1. The molecule has 2 aliphatic heterocycles. The van der Waals surface area contributed by atoms with Gasteiger partial charge in [0.05, 0.1) is 19.8 Å². The Morgan fingerprint density at radius 1 is 0.420 bits per heavy atom. The number of rotatable bonds is 46. The van der Waals surface area contributed by atoms with E-state index >= 15 is 0 Å². The minimum atomic E-state index is -5.63. The summed E-state index contributed by atoms with van der Waals surface area (Å²) in [6.07, 6.45) is -0.726. The first-order valence-corrected chi connectivity index (χ1v) is 32.4. The van der Waals surface area contributed by atoms with Crippen molar-refractivity contribution in [3.8, 4) is 0 Å². The van der Waals surface area contributed by atoms with Gasteiger partial charge in [0.2, 0.25) is 0 Å². The van der Waals surface area contributed by atoms with Gasteiger partial charge in [0, 0.05) is 12.8 Å². The fourth-order valence-electron chi connectivity index (χ4n) is 10.5. The molecule has 23 nitrogen and oxygen atoms in total. The lowest BCUT2D eigenvalue weighted by Crippen LogP contribution is -2.69. The van der Waals surface area contributed by atoms with Gasteiger partial charge in [-0.15, -0.1) is 0 Å². The number of hydrogen-bond acceptors (Lipinski definition) is 22. The van der Waals surface area contributed by atoms with Crippen molar-refractivity contribution in [2.45, 2.75) is 323 Å². The van der Waals surface area contributed by atoms with Gasteiger partial charge in [-0.1, -0.05) is 194 Å². The van der Waals surface area contributed by atoms with Gasteiger partial charge in [0.15, 0.2) is 18.7 Å². The highest BCUT2D eigenvalue weighted by atomic mass is 31.2. The quantitative estimate of drug-likeness (QED) is 0.0218. The predicted octanol–water partition coefficient (Wildman–Crippen LogP) is 4.93. The zero-order valence-electron chi connectivity index (χ0n) is 48.6. The molecule has 18 atom stereocenters. The molecule has 0 radical (unpaired) electrons. The summed E-state index contributed by atoms with van der Waals surface area (Å²) >= 11 is 0. The van der Waals surface area contributed by atoms with Crippen LogP contribution in [0, 0.1) is 0 Å². The molecule has 12 N–H and O–H groups in total. The highest BCUT2D eigenvalue weighted by Crippen LogP contribution is 2.49. The van der Waals surface area contributed by atoms with Crippen LogP contribution in [0.2, 0.25) is 0 Å². The van der Waals surface area contributed by atoms with Gasteiger partial charge in [-0.25, -0.2) is 4.57 Å². The summed E-state index contributed by atoms with van der Waals surface area (Å²) in [5.74, 6) is -1.32. The van der Waals surface area contributed by atoms with E-state index in [1.54, 1.807) is 0 Å². The standard InChI is InChI=1S/C57H107O23P/c1-3-5-7-9-11-13-15-17-19-21-23-25-27-29-31-33-42(60)73-37-39(75-43(61)34-32-30-28-26-24-22-20-18-16-14-12-10-8-6-4-2)38-74-81(71,72)80-55-53(78-56-51(69)46(64)44(62)40(35-58)76-56)49(67)48(66)50(68)54(55)79-57-52(70)47(65)45(63)41(36-59)77-57/h39-41,44-59,62-70H,3-38H2,1-2H3,(H,71,72)/t39?,40-,41-,44-,45-,46+,47+,48?,49-,50+,51+,52+,53-,54-,55?,56-,57-/m1/s1. The predicted molar refractivity (Wildman–Crippen MR) is 296 cm³/mol. The maximum atomic E-state index is 14.0. The molecule has 0 spiro atoms. The largest absolute Gasteiger partial charge is 0.472 e. The van der Waals surface area contributed by atoms with E-state index in [4.69, 9.17) is 37.5 Å². The van der Waals surface area contributed by atoms with E-state index < -0.39 is 150 Å². The number of carbonyl (C=O) groups excluding carboxylic acids is 2. The number of aliphatic hydroxyl groups excluding tert-OH is 11. The summed E-state index contributed by atoms with van der Waals surface area (Å²) in [7, 11) is -5.63. The Labute approximate surface area is 480 Å². The van der Waals surface area contributed by atoms with Crippen molar-refractivity contribution >= 4 is 19.8 Å². The SMILES string of the molecule is CCCCCCCCCCCCCCCCCC(=O)OCC(COP(=O)(O)OC1[C@H](O[C@H]2O[C@H](CO)[C@@H](O)[C@H](O)[C@@H]2O)[C@H](O)C(O)[C@H](O)[C@H]1O[C@H]1O[C@H](CO)[C@@H](O)[C@H](O)[C@@H]1O)OC(=O)CCCCCCCCCCCCCCCCC. The summed E-state index contributed by atoms with van der Waals surface area (Å²) in [5, 5.41) is 117. The molecule has 1 aliphatic carbocycles. The zero-order valence-corrected chi connectivity index (χ0v) is 49.5. The van der Waals surface area contributed by atoms with Gasteiger partial charge in [-0.2, -0.15) is 0 Å². The average Bonchev–Trinajstić information content (AvgIpc) is 3.48. The van der Waals surface area contributed by atoms with Crippen molar-refractivity contribution < 1.29 is 113 Å². The minimum Gasteiger partial charge on any atom is -0.462 e. The number of phosphoric ester groups is 1. The Balaban J connectivity index is 1.68. The molecule has 2 heterocycles. The molecule has 2 saturated heterocycles. The number of hydrogen-bond donors (Lipinski definition) is 12. The maximum Gasteiger partial charge on any atom is 0.472 e. The van der Waals surface area contributed by atoms with Crippen LogP contribution in [0.1, 0.15) is 219 Å². The number of aliphatic hydroxyl groups is 11. The van der Waals surface area contributed by atoms with E-state index in [-0.39, 0.29) is 12.8 Å². The monoisotopic (exact) mass is 1190 g/mol. The van der Waals surface area contributed by atoms with Crippen LogP contribution < -0.4 is 0 Å². The minimum absolute atomic E-state index is 0.0246. The van der Waals surface area contributed by atoms with E-state index in [0.29, 0.717) is 12.8 Å². The lowest BCUT2D eigenvalue weighted by molar-refractivity contribution is -0.360. The summed E-state index contributed by atoms with van der Waals surface area (Å²) < 4.78 is 58.2. The second-order valence-electron chi connectivity index (χ2n) is 22.6. The van der Waals surface area contributed by atoms with E-state index in [9.17, 15) is 75.2 Å². The second-order valence-corrected chi connectivity index (χ2v) is 24.0. The van der Waals surface area contributed by atoms with Gasteiger partial charge in [0.25, 0.3) is 0 Å². The van der Waals surface area contributed by atoms with Crippen LogP contribution in [0.15, 0.2) is 0 Å². The van der Waals surface area contributed by atoms with Crippen molar-refractivity contribution in [1.82, 2.24) is 0 Å².